The first-order valence-electron chi connectivity index (χ1n) is 5.90. The number of halogens is 1. The predicted octanol–water partition coefficient (Wildman–Crippen LogP) is 1.62. The topological polar surface area (TPSA) is 89.3 Å². The fraction of sp³-hybridized carbons (Fsp3) is 0.417. The molecule has 0 saturated heterocycles. The van der Waals surface area contributed by atoms with Gasteiger partial charge in [-0.25, -0.2) is 13.6 Å². The third-order valence-electron chi connectivity index (χ3n) is 3.22. The van der Waals surface area contributed by atoms with E-state index in [1.807, 2.05) is 0 Å². The maximum absolute atomic E-state index is 12.1. The average Bonchev–Trinajstić information content (AvgIpc) is 2.25. The van der Waals surface area contributed by atoms with Crippen LogP contribution in [0.3, 0.4) is 0 Å². The van der Waals surface area contributed by atoms with Gasteiger partial charge in [-0.2, -0.15) is 0 Å². The number of hydrogen-bond acceptors (Lipinski definition) is 3. The zero-order valence-electron chi connectivity index (χ0n) is 10.4. The van der Waals surface area contributed by atoms with Crippen LogP contribution in [-0.2, 0) is 10.0 Å². The Kier molecular flexibility index (Phi) is 3.98. The number of hydrogen-bond donors (Lipinski definition) is 2. The molecule has 0 bridgehead atoms. The van der Waals surface area contributed by atoms with Crippen molar-refractivity contribution in [1.82, 2.24) is 5.32 Å². The van der Waals surface area contributed by atoms with Crippen LogP contribution in [0.4, 0.5) is 0 Å². The minimum absolute atomic E-state index is 0.0668. The van der Waals surface area contributed by atoms with Crippen LogP contribution in [0.25, 0.3) is 0 Å². The van der Waals surface area contributed by atoms with Crippen LogP contribution < -0.4 is 10.5 Å². The van der Waals surface area contributed by atoms with Gasteiger partial charge in [0.25, 0.3) is 5.91 Å². The lowest BCUT2D eigenvalue weighted by molar-refractivity contribution is 0.0895. The number of rotatable bonds is 3. The van der Waals surface area contributed by atoms with Gasteiger partial charge in [-0.05, 0) is 52.9 Å². The molecule has 5 nitrogen and oxygen atoms in total. The van der Waals surface area contributed by atoms with Crippen molar-refractivity contribution < 1.29 is 13.2 Å². The molecular formula is C12H15BrN2O3S. The Bertz CT molecular complexity index is 609. The summed E-state index contributed by atoms with van der Waals surface area (Å²) in [5.74, 6) is 0.346. The van der Waals surface area contributed by atoms with Crippen molar-refractivity contribution in [3.05, 3.63) is 28.2 Å². The van der Waals surface area contributed by atoms with Crippen molar-refractivity contribution in [1.29, 1.82) is 0 Å². The number of sulfonamides is 1. The van der Waals surface area contributed by atoms with Gasteiger partial charge in [0.2, 0.25) is 10.0 Å². The molecular weight excluding hydrogens is 332 g/mol. The Morgan fingerprint density at radius 3 is 2.58 bits per heavy atom. The van der Waals surface area contributed by atoms with Gasteiger partial charge in [-0.15, -0.1) is 0 Å². The van der Waals surface area contributed by atoms with Crippen molar-refractivity contribution in [3.63, 3.8) is 0 Å². The van der Waals surface area contributed by atoms with Crippen molar-refractivity contribution in [2.45, 2.75) is 30.7 Å². The quantitative estimate of drug-likeness (QED) is 0.871. The van der Waals surface area contributed by atoms with E-state index in [0.717, 1.165) is 12.8 Å². The van der Waals surface area contributed by atoms with Crippen LogP contribution in [-0.4, -0.2) is 20.4 Å². The second kappa shape index (κ2) is 5.22. The minimum atomic E-state index is -3.81. The minimum Gasteiger partial charge on any atom is -0.349 e. The zero-order chi connectivity index (χ0) is 14.2. The fourth-order valence-corrected chi connectivity index (χ4v) is 3.11. The summed E-state index contributed by atoms with van der Waals surface area (Å²) >= 11 is 3.24. The van der Waals surface area contributed by atoms with E-state index in [9.17, 15) is 13.2 Å². The lowest BCUT2D eigenvalue weighted by atomic mass is 9.82. The van der Waals surface area contributed by atoms with E-state index >= 15 is 0 Å². The molecule has 2 rings (SSSR count). The molecule has 1 saturated carbocycles. The van der Waals surface area contributed by atoms with Gasteiger partial charge < -0.3 is 5.32 Å². The molecule has 3 N–H and O–H groups in total. The Hall–Kier alpha value is -0.920. The molecule has 1 aliphatic carbocycles. The van der Waals surface area contributed by atoms with Gasteiger partial charge in [0.15, 0.2) is 0 Å². The molecule has 1 aromatic rings. The van der Waals surface area contributed by atoms with Crippen LogP contribution in [0.15, 0.2) is 27.6 Å². The Morgan fingerprint density at radius 1 is 1.42 bits per heavy atom. The summed E-state index contributed by atoms with van der Waals surface area (Å²) in [6.07, 6.45) is 1.91. The number of carbonyl (C=O) groups is 1. The lowest BCUT2D eigenvalue weighted by Crippen LogP contribution is -2.43. The van der Waals surface area contributed by atoms with E-state index in [1.54, 1.807) is 0 Å². The van der Waals surface area contributed by atoms with Crippen LogP contribution in [0.2, 0.25) is 0 Å². The van der Waals surface area contributed by atoms with E-state index in [4.69, 9.17) is 5.14 Å². The van der Waals surface area contributed by atoms with Crippen molar-refractivity contribution >= 4 is 31.9 Å². The van der Waals surface area contributed by atoms with Crippen LogP contribution in [0, 0.1) is 5.92 Å². The average molecular weight is 347 g/mol. The van der Waals surface area contributed by atoms with E-state index in [1.165, 1.54) is 18.2 Å². The first kappa shape index (κ1) is 14.5. The Labute approximate surface area is 120 Å². The molecule has 19 heavy (non-hydrogen) atoms. The van der Waals surface area contributed by atoms with Crippen molar-refractivity contribution in [3.8, 4) is 0 Å². The van der Waals surface area contributed by atoms with Gasteiger partial charge in [-0.3, -0.25) is 4.79 Å². The molecule has 104 valence electrons. The molecule has 1 aliphatic rings. The summed E-state index contributed by atoms with van der Waals surface area (Å²) in [7, 11) is -3.81. The molecule has 0 heterocycles. The summed E-state index contributed by atoms with van der Waals surface area (Å²) in [5.41, 5.74) is 0.283. The molecule has 0 spiro atoms. The first-order chi connectivity index (χ1) is 8.77. The number of nitrogens with two attached hydrogens (primary N) is 1. The molecule has 0 atom stereocenters. The van der Waals surface area contributed by atoms with Crippen molar-refractivity contribution in [2.24, 2.45) is 11.1 Å². The highest BCUT2D eigenvalue weighted by atomic mass is 79.9. The maximum atomic E-state index is 12.1. The maximum Gasteiger partial charge on any atom is 0.252 e. The molecule has 0 aliphatic heterocycles. The molecule has 0 unspecified atom stereocenters. The number of benzene rings is 1. The third kappa shape index (κ3) is 3.34. The summed E-state index contributed by atoms with van der Waals surface area (Å²) in [6.45, 7) is 2.13. The van der Waals surface area contributed by atoms with Gasteiger partial charge in [-0.1, -0.05) is 6.92 Å². The normalized spacial score (nSPS) is 22.7. The van der Waals surface area contributed by atoms with Gasteiger partial charge in [0.05, 0.1) is 10.5 Å². The van der Waals surface area contributed by atoms with Gasteiger partial charge >= 0.3 is 0 Å². The SMILES string of the molecule is CC1CC(NC(=O)c2cc(S(N)(=O)=O)ccc2Br)C1. The predicted molar refractivity (Wildman–Crippen MR) is 75.2 cm³/mol. The Morgan fingerprint density at radius 2 is 2.05 bits per heavy atom. The largest absolute Gasteiger partial charge is 0.349 e. The molecule has 0 radical (unpaired) electrons. The van der Waals surface area contributed by atoms with E-state index < -0.39 is 10.0 Å². The molecule has 1 fully saturated rings. The van der Waals surface area contributed by atoms with Gasteiger partial charge in [0.1, 0.15) is 0 Å². The monoisotopic (exact) mass is 346 g/mol. The lowest BCUT2D eigenvalue weighted by Gasteiger charge is -2.33. The van der Waals surface area contributed by atoms with Crippen LogP contribution in [0.1, 0.15) is 30.1 Å². The summed E-state index contributed by atoms with van der Waals surface area (Å²) in [5, 5.41) is 7.94. The molecule has 0 aromatic heterocycles. The number of amides is 1. The Balaban J connectivity index is 2.21. The smallest absolute Gasteiger partial charge is 0.252 e. The second-order valence-electron chi connectivity index (χ2n) is 4.93. The third-order valence-corrected chi connectivity index (χ3v) is 4.82. The van der Waals surface area contributed by atoms with Crippen LogP contribution in [0.5, 0.6) is 0 Å². The van der Waals surface area contributed by atoms with Crippen LogP contribution >= 0.6 is 15.9 Å². The molecule has 1 amide bonds. The number of nitrogens with one attached hydrogen (secondary N) is 1. The second-order valence-corrected chi connectivity index (χ2v) is 7.35. The molecule has 1 aromatic carbocycles. The number of primary sulfonamides is 1. The summed E-state index contributed by atoms with van der Waals surface area (Å²) < 4.78 is 23.1. The highest BCUT2D eigenvalue weighted by Gasteiger charge is 2.27. The summed E-state index contributed by atoms with van der Waals surface area (Å²) in [4.78, 5) is 12.0. The van der Waals surface area contributed by atoms with Crippen molar-refractivity contribution in [2.75, 3.05) is 0 Å². The highest BCUT2D eigenvalue weighted by Crippen LogP contribution is 2.27. The summed E-state index contributed by atoms with van der Waals surface area (Å²) in [6, 6.07) is 4.34. The van der Waals surface area contributed by atoms with E-state index in [2.05, 4.69) is 28.2 Å². The van der Waals surface area contributed by atoms with Gasteiger partial charge in [0, 0.05) is 10.5 Å². The highest BCUT2D eigenvalue weighted by molar-refractivity contribution is 9.10. The zero-order valence-corrected chi connectivity index (χ0v) is 12.8. The number of carbonyl (C=O) groups excluding carboxylic acids is 1. The fourth-order valence-electron chi connectivity index (χ4n) is 2.14. The molecule has 7 heteroatoms. The first-order valence-corrected chi connectivity index (χ1v) is 8.24. The standard InChI is InChI=1S/C12H15BrN2O3S/c1-7-4-8(5-7)15-12(16)10-6-9(19(14,17)18)2-3-11(10)13/h2-3,6-8H,4-5H2,1H3,(H,15,16)(H2,14,17,18). The van der Waals surface area contributed by atoms with E-state index in [-0.39, 0.29) is 22.4 Å². The van der Waals surface area contributed by atoms with E-state index in [0.29, 0.717) is 10.4 Å².